The number of nitrogens with zero attached hydrogens (tertiary/aromatic N) is 1. The van der Waals surface area contributed by atoms with E-state index in [1.54, 1.807) is 6.07 Å². The van der Waals surface area contributed by atoms with Crippen molar-refractivity contribution in [3.05, 3.63) is 47.3 Å². The summed E-state index contributed by atoms with van der Waals surface area (Å²) < 4.78 is 4.70. The number of rotatable bonds is 3. The van der Waals surface area contributed by atoms with Gasteiger partial charge < -0.3 is 15.2 Å². The van der Waals surface area contributed by atoms with E-state index in [1.807, 2.05) is 18.2 Å². The van der Waals surface area contributed by atoms with Gasteiger partial charge in [0.05, 0.1) is 6.54 Å². The third-order valence-corrected chi connectivity index (χ3v) is 3.00. The minimum atomic E-state index is -0.102. The van der Waals surface area contributed by atoms with Crippen LogP contribution in [-0.4, -0.2) is 17.6 Å². The molecule has 92 valence electrons. The monoisotopic (exact) mass is 243 g/mol. The molecule has 5 nitrogen and oxygen atoms in total. The van der Waals surface area contributed by atoms with Crippen LogP contribution in [0.15, 0.2) is 35.1 Å². The quantitative estimate of drug-likeness (QED) is 0.858. The zero-order valence-corrected chi connectivity index (χ0v) is 9.77. The van der Waals surface area contributed by atoms with Crippen molar-refractivity contribution in [3.8, 4) is 0 Å². The Morgan fingerprint density at radius 3 is 3.22 bits per heavy atom. The molecule has 0 saturated carbocycles. The van der Waals surface area contributed by atoms with Crippen molar-refractivity contribution < 1.29 is 9.32 Å². The first kappa shape index (κ1) is 10.8. The molecule has 0 aliphatic carbocycles. The van der Waals surface area contributed by atoms with Gasteiger partial charge in [-0.15, -0.1) is 0 Å². The average Bonchev–Trinajstić information content (AvgIpc) is 3.05. The second-order valence-corrected chi connectivity index (χ2v) is 4.22. The number of hydrogen-bond acceptors (Lipinski definition) is 4. The first-order valence-electron chi connectivity index (χ1n) is 5.87. The van der Waals surface area contributed by atoms with Crippen LogP contribution in [0.5, 0.6) is 0 Å². The predicted molar refractivity (Wildman–Crippen MR) is 66.3 cm³/mol. The van der Waals surface area contributed by atoms with E-state index in [1.165, 1.54) is 11.8 Å². The van der Waals surface area contributed by atoms with Gasteiger partial charge in [0.2, 0.25) is 0 Å². The highest BCUT2D eigenvalue weighted by Crippen LogP contribution is 2.23. The smallest absolute Gasteiger partial charge is 0.251 e. The number of nitrogens with one attached hydrogen (secondary N) is 2. The largest absolute Gasteiger partial charge is 0.384 e. The summed E-state index contributed by atoms with van der Waals surface area (Å²) in [7, 11) is 0. The average molecular weight is 243 g/mol. The van der Waals surface area contributed by atoms with Crippen molar-refractivity contribution in [1.29, 1.82) is 0 Å². The molecule has 0 bridgehead atoms. The minimum absolute atomic E-state index is 0.102. The maximum atomic E-state index is 11.9. The van der Waals surface area contributed by atoms with Gasteiger partial charge in [0.25, 0.3) is 5.91 Å². The molecule has 0 unspecified atom stereocenters. The second kappa shape index (κ2) is 4.52. The molecule has 0 radical (unpaired) electrons. The normalized spacial score (nSPS) is 12.9. The molecular weight excluding hydrogens is 230 g/mol. The molecule has 0 spiro atoms. The van der Waals surface area contributed by atoms with E-state index in [4.69, 9.17) is 4.52 Å². The minimum Gasteiger partial charge on any atom is -0.384 e. The summed E-state index contributed by atoms with van der Waals surface area (Å²) in [4.78, 5) is 11.9. The number of hydrogen-bond donors (Lipinski definition) is 2. The van der Waals surface area contributed by atoms with Crippen molar-refractivity contribution in [2.75, 3.05) is 11.9 Å². The van der Waals surface area contributed by atoms with Crippen molar-refractivity contribution in [1.82, 2.24) is 10.5 Å². The van der Waals surface area contributed by atoms with E-state index in [0.717, 1.165) is 18.7 Å². The summed E-state index contributed by atoms with van der Waals surface area (Å²) in [5, 5.41) is 9.80. The molecular formula is C13H13N3O2. The van der Waals surface area contributed by atoms with Crippen molar-refractivity contribution >= 4 is 11.6 Å². The van der Waals surface area contributed by atoms with Gasteiger partial charge >= 0.3 is 0 Å². The Morgan fingerprint density at radius 1 is 1.44 bits per heavy atom. The number of amides is 1. The molecule has 0 fully saturated rings. The first-order valence-corrected chi connectivity index (χ1v) is 5.87. The Hall–Kier alpha value is -2.30. The SMILES string of the molecule is O=C(NCc1ccon1)c1ccc2c(c1)NCC2. The van der Waals surface area contributed by atoms with Crippen LogP contribution in [0.2, 0.25) is 0 Å². The third kappa shape index (κ3) is 2.07. The zero-order chi connectivity index (χ0) is 12.4. The number of aromatic nitrogens is 1. The Morgan fingerprint density at radius 2 is 2.39 bits per heavy atom. The molecule has 3 rings (SSSR count). The van der Waals surface area contributed by atoms with Crippen LogP contribution in [0.1, 0.15) is 21.6 Å². The number of benzene rings is 1. The molecule has 2 heterocycles. The Balaban J connectivity index is 1.69. The van der Waals surface area contributed by atoms with Crippen LogP contribution in [0.3, 0.4) is 0 Å². The van der Waals surface area contributed by atoms with Gasteiger partial charge in [0, 0.05) is 23.9 Å². The van der Waals surface area contributed by atoms with E-state index in [2.05, 4.69) is 15.8 Å². The molecule has 1 amide bonds. The molecule has 0 saturated heterocycles. The van der Waals surface area contributed by atoms with Gasteiger partial charge in [-0.25, -0.2) is 0 Å². The highest BCUT2D eigenvalue weighted by Gasteiger charge is 2.13. The molecule has 0 atom stereocenters. The fraction of sp³-hybridized carbons (Fsp3) is 0.231. The van der Waals surface area contributed by atoms with Crippen LogP contribution in [-0.2, 0) is 13.0 Å². The van der Waals surface area contributed by atoms with E-state index >= 15 is 0 Å². The molecule has 18 heavy (non-hydrogen) atoms. The zero-order valence-electron chi connectivity index (χ0n) is 9.77. The summed E-state index contributed by atoms with van der Waals surface area (Å²) >= 11 is 0. The molecule has 1 aliphatic heterocycles. The van der Waals surface area contributed by atoms with E-state index in [-0.39, 0.29) is 5.91 Å². The number of fused-ring (bicyclic) bond motifs is 1. The predicted octanol–water partition coefficient (Wildman–Crippen LogP) is 1.57. The summed E-state index contributed by atoms with van der Waals surface area (Å²) in [6, 6.07) is 7.47. The van der Waals surface area contributed by atoms with Crippen LogP contribution in [0.4, 0.5) is 5.69 Å². The number of carbonyl (C=O) groups excluding carboxylic acids is 1. The molecule has 2 aromatic rings. The highest BCUT2D eigenvalue weighted by atomic mass is 16.5. The molecule has 1 aliphatic rings. The fourth-order valence-corrected chi connectivity index (χ4v) is 2.03. The Labute approximate surface area is 104 Å². The van der Waals surface area contributed by atoms with E-state index < -0.39 is 0 Å². The summed E-state index contributed by atoms with van der Waals surface area (Å²) in [6.07, 6.45) is 2.51. The number of carbonyl (C=O) groups is 1. The van der Waals surface area contributed by atoms with Crippen LogP contribution < -0.4 is 10.6 Å². The Bertz CT molecular complexity index is 564. The van der Waals surface area contributed by atoms with Gasteiger partial charge in [-0.3, -0.25) is 4.79 Å². The second-order valence-electron chi connectivity index (χ2n) is 4.22. The summed E-state index contributed by atoms with van der Waals surface area (Å²) in [5.41, 5.74) is 3.70. The lowest BCUT2D eigenvalue weighted by Gasteiger charge is -2.05. The summed E-state index contributed by atoms with van der Waals surface area (Å²) in [6.45, 7) is 1.32. The van der Waals surface area contributed by atoms with Crippen LogP contribution in [0, 0.1) is 0 Å². The van der Waals surface area contributed by atoms with Gasteiger partial charge in [-0.05, 0) is 24.1 Å². The lowest BCUT2D eigenvalue weighted by atomic mass is 10.1. The standard InChI is InChI=1S/C13H13N3O2/c17-13(15-8-11-4-6-18-16-11)10-2-1-9-3-5-14-12(9)7-10/h1-2,4,6-7,14H,3,5,8H2,(H,15,17). The topological polar surface area (TPSA) is 67.2 Å². The van der Waals surface area contributed by atoms with Crippen LogP contribution in [0.25, 0.3) is 0 Å². The maximum absolute atomic E-state index is 11.9. The van der Waals surface area contributed by atoms with Gasteiger partial charge in [0.1, 0.15) is 12.0 Å². The van der Waals surface area contributed by atoms with Crippen molar-refractivity contribution in [3.63, 3.8) is 0 Å². The van der Waals surface area contributed by atoms with Crippen molar-refractivity contribution in [2.24, 2.45) is 0 Å². The van der Waals surface area contributed by atoms with Crippen LogP contribution >= 0.6 is 0 Å². The maximum Gasteiger partial charge on any atom is 0.251 e. The summed E-state index contributed by atoms with van der Waals surface area (Å²) in [5.74, 6) is -0.102. The molecule has 1 aromatic heterocycles. The lowest BCUT2D eigenvalue weighted by Crippen LogP contribution is -2.22. The molecule has 2 N–H and O–H groups in total. The third-order valence-electron chi connectivity index (χ3n) is 3.00. The van der Waals surface area contributed by atoms with Gasteiger partial charge in [-0.2, -0.15) is 0 Å². The number of anilines is 1. The first-order chi connectivity index (χ1) is 8.83. The molecule has 1 aromatic carbocycles. The lowest BCUT2D eigenvalue weighted by molar-refractivity contribution is 0.0950. The van der Waals surface area contributed by atoms with Gasteiger partial charge in [0.15, 0.2) is 0 Å². The fourth-order valence-electron chi connectivity index (χ4n) is 2.03. The highest BCUT2D eigenvalue weighted by molar-refractivity contribution is 5.95. The Kier molecular flexibility index (Phi) is 2.72. The van der Waals surface area contributed by atoms with Gasteiger partial charge in [-0.1, -0.05) is 11.2 Å². The molecule has 5 heteroatoms. The van der Waals surface area contributed by atoms with E-state index in [0.29, 0.717) is 17.8 Å². The van der Waals surface area contributed by atoms with E-state index in [9.17, 15) is 4.79 Å². The van der Waals surface area contributed by atoms with Crippen molar-refractivity contribution in [2.45, 2.75) is 13.0 Å².